The lowest BCUT2D eigenvalue weighted by atomic mass is 9.85. The van der Waals surface area contributed by atoms with E-state index in [-0.39, 0.29) is 0 Å². The standard InChI is InChI=1S/C14H26BrNO/c1-12(5-9-15)6-10-16-11-8-14(2,3)7-4-13(16)17/h12H,4-11H2,1-3H3. The lowest BCUT2D eigenvalue weighted by Gasteiger charge is -2.24. The minimum absolute atomic E-state index is 0.339. The number of hydrogen-bond acceptors (Lipinski definition) is 1. The molecule has 0 aromatic rings. The first kappa shape index (κ1) is 15.0. The van der Waals surface area contributed by atoms with Crippen molar-refractivity contribution >= 4 is 21.8 Å². The number of rotatable bonds is 5. The highest BCUT2D eigenvalue weighted by Crippen LogP contribution is 2.30. The van der Waals surface area contributed by atoms with Crippen LogP contribution in [0, 0.1) is 11.3 Å². The van der Waals surface area contributed by atoms with Crippen molar-refractivity contribution in [2.75, 3.05) is 18.4 Å². The Balaban J connectivity index is 2.39. The lowest BCUT2D eigenvalue weighted by molar-refractivity contribution is -0.130. The highest BCUT2D eigenvalue weighted by Gasteiger charge is 2.27. The van der Waals surface area contributed by atoms with Gasteiger partial charge in [0.2, 0.25) is 5.91 Å². The summed E-state index contributed by atoms with van der Waals surface area (Å²) in [6.45, 7) is 8.72. The largest absolute Gasteiger partial charge is 0.343 e. The van der Waals surface area contributed by atoms with E-state index >= 15 is 0 Å². The Kier molecular flexibility index (Phi) is 5.98. The molecule has 0 spiro atoms. The molecular formula is C14H26BrNO. The van der Waals surface area contributed by atoms with E-state index in [1.54, 1.807) is 0 Å². The Morgan fingerprint density at radius 2 is 2.06 bits per heavy atom. The fourth-order valence-corrected chi connectivity index (χ4v) is 3.02. The summed E-state index contributed by atoms with van der Waals surface area (Å²) in [7, 11) is 0. The summed E-state index contributed by atoms with van der Waals surface area (Å²) in [4.78, 5) is 14.1. The van der Waals surface area contributed by atoms with Gasteiger partial charge in [0.15, 0.2) is 0 Å². The second-order valence-corrected chi connectivity index (χ2v) is 6.96. The number of halogens is 1. The molecule has 0 bridgehead atoms. The van der Waals surface area contributed by atoms with E-state index in [4.69, 9.17) is 0 Å². The van der Waals surface area contributed by atoms with Crippen LogP contribution in [0.15, 0.2) is 0 Å². The second-order valence-electron chi connectivity index (χ2n) is 6.17. The van der Waals surface area contributed by atoms with Gasteiger partial charge in [-0.1, -0.05) is 36.7 Å². The predicted molar refractivity (Wildman–Crippen MR) is 76.4 cm³/mol. The third-order valence-electron chi connectivity index (χ3n) is 3.92. The molecule has 1 amide bonds. The van der Waals surface area contributed by atoms with Crippen LogP contribution in [0.4, 0.5) is 0 Å². The maximum atomic E-state index is 12.0. The quantitative estimate of drug-likeness (QED) is 0.707. The zero-order chi connectivity index (χ0) is 12.9. The van der Waals surface area contributed by atoms with E-state index in [9.17, 15) is 4.79 Å². The number of alkyl halides is 1. The Bertz CT molecular complexity index is 253. The molecule has 100 valence electrons. The van der Waals surface area contributed by atoms with Gasteiger partial charge < -0.3 is 4.90 Å². The molecule has 0 aromatic heterocycles. The van der Waals surface area contributed by atoms with Crippen molar-refractivity contribution in [3.8, 4) is 0 Å². The average molecular weight is 304 g/mol. The molecule has 1 unspecified atom stereocenters. The van der Waals surface area contributed by atoms with Gasteiger partial charge in [0.25, 0.3) is 0 Å². The number of hydrogen-bond donors (Lipinski definition) is 0. The Morgan fingerprint density at radius 1 is 1.35 bits per heavy atom. The summed E-state index contributed by atoms with van der Waals surface area (Å²) in [5.74, 6) is 1.07. The normalized spacial score (nSPS) is 22.4. The molecule has 2 nitrogen and oxygen atoms in total. The van der Waals surface area contributed by atoms with E-state index < -0.39 is 0 Å². The van der Waals surface area contributed by atoms with Gasteiger partial charge in [-0.3, -0.25) is 4.79 Å². The second kappa shape index (κ2) is 6.77. The van der Waals surface area contributed by atoms with Crippen molar-refractivity contribution in [2.45, 2.75) is 52.9 Å². The fraction of sp³-hybridized carbons (Fsp3) is 0.929. The maximum Gasteiger partial charge on any atom is 0.222 e. The van der Waals surface area contributed by atoms with Crippen LogP contribution in [0.1, 0.15) is 52.9 Å². The van der Waals surface area contributed by atoms with E-state index in [2.05, 4.69) is 41.6 Å². The maximum absolute atomic E-state index is 12.0. The molecule has 1 saturated heterocycles. The average Bonchev–Trinajstić information content (AvgIpc) is 2.38. The van der Waals surface area contributed by atoms with Gasteiger partial charge in [-0.05, 0) is 37.0 Å². The SMILES string of the molecule is CC(CCBr)CCN1CCC(C)(C)CCC1=O. The van der Waals surface area contributed by atoms with Crippen LogP contribution in [-0.4, -0.2) is 29.2 Å². The third-order valence-corrected chi connectivity index (χ3v) is 4.38. The summed E-state index contributed by atoms with van der Waals surface area (Å²) in [5, 5.41) is 1.06. The number of carbonyl (C=O) groups is 1. The van der Waals surface area contributed by atoms with Crippen molar-refractivity contribution in [3.05, 3.63) is 0 Å². The van der Waals surface area contributed by atoms with E-state index in [1.165, 1.54) is 6.42 Å². The van der Waals surface area contributed by atoms with Crippen molar-refractivity contribution in [2.24, 2.45) is 11.3 Å². The molecule has 0 saturated carbocycles. The molecular weight excluding hydrogens is 278 g/mol. The smallest absolute Gasteiger partial charge is 0.222 e. The molecule has 1 rings (SSSR count). The molecule has 0 N–H and O–H groups in total. The number of nitrogens with zero attached hydrogens (tertiary/aromatic N) is 1. The van der Waals surface area contributed by atoms with Crippen molar-refractivity contribution < 1.29 is 4.79 Å². The lowest BCUT2D eigenvalue weighted by Crippen LogP contribution is -2.32. The monoisotopic (exact) mass is 303 g/mol. The van der Waals surface area contributed by atoms with E-state index in [0.29, 0.717) is 17.2 Å². The highest BCUT2D eigenvalue weighted by molar-refractivity contribution is 9.09. The van der Waals surface area contributed by atoms with Crippen LogP contribution in [0.5, 0.6) is 0 Å². The Morgan fingerprint density at radius 3 is 2.71 bits per heavy atom. The highest BCUT2D eigenvalue weighted by atomic mass is 79.9. The summed E-state index contributed by atoms with van der Waals surface area (Å²) < 4.78 is 0. The Hall–Kier alpha value is -0.0500. The van der Waals surface area contributed by atoms with Crippen LogP contribution in [-0.2, 0) is 4.79 Å². The van der Waals surface area contributed by atoms with Crippen molar-refractivity contribution in [1.29, 1.82) is 0 Å². The van der Waals surface area contributed by atoms with Gasteiger partial charge in [-0.15, -0.1) is 0 Å². The van der Waals surface area contributed by atoms with Crippen LogP contribution < -0.4 is 0 Å². The van der Waals surface area contributed by atoms with Gasteiger partial charge in [0.1, 0.15) is 0 Å². The first-order valence-corrected chi connectivity index (χ1v) is 7.90. The number of likely N-dealkylation sites (tertiary alicyclic amines) is 1. The van der Waals surface area contributed by atoms with E-state index in [1.807, 2.05) is 0 Å². The predicted octanol–water partition coefficient (Wildman–Crippen LogP) is 3.84. The van der Waals surface area contributed by atoms with Gasteiger partial charge in [-0.25, -0.2) is 0 Å². The number of amides is 1. The summed E-state index contributed by atoms with van der Waals surface area (Å²) >= 11 is 3.47. The molecule has 3 heteroatoms. The molecule has 0 aliphatic carbocycles. The molecule has 1 atom stereocenters. The molecule has 1 aliphatic rings. The number of carbonyl (C=O) groups excluding carboxylic acids is 1. The minimum Gasteiger partial charge on any atom is -0.343 e. The van der Waals surface area contributed by atoms with Crippen molar-refractivity contribution in [3.63, 3.8) is 0 Å². The van der Waals surface area contributed by atoms with Crippen LogP contribution in [0.25, 0.3) is 0 Å². The van der Waals surface area contributed by atoms with Crippen LogP contribution >= 0.6 is 15.9 Å². The van der Waals surface area contributed by atoms with Gasteiger partial charge in [0, 0.05) is 24.8 Å². The zero-order valence-electron chi connectivity index (χ0n) is 11.5. The summed E-state index contributed by atoms with van der Waals surface area (Å²) in [5.41, 5.74) is 0.339. The van der Waals surface area contributed by atoms with E-state index in [0.717, 1.165) is 44.1 Å². The third kappa shape index (κ3) is 5.41. The van der Waals surface area contributed by atoms with Crippen molar-refractivity contribution in [1.82, 2.24) is 4.90 Å². The first-order chi connectivity index (χ1) is 7.94. The summed E-state index contributed by atoms with van der Waals surface area (Å²) in [6, 6.07) is 0. The minimum atomic E-state index is 0.339. The Labute approximate surface area is 114 Å². The summed E-state index contributed by atoms with van der Waals surface area (Å²) in [6.07, 6.45) is 5.26. The zero-order valence-corrected chi connectivity index (χ0v) is 13.1. The topological polar surface area (TPSA) is 20.3 Å². The first-order valence-electron chi connectivity index (χ1n) is 6.78. The molecule has 0 aromatic carbocycles. The molecule has 0 radical (unpaired) electrons. The van der Waals surface area contributed by atoms with Gasteiger partial charge in [0.05, 0.1) is 0 Å². The van der Waals surface area contributed by atoms with Crippen LogP contribution in [0.3, 0.4) is 0 Å². The molecule has 1 aliphatic heterocycles. The molecule has 17 heavy (non-hydrogen) atoms. The molecule has 1 heterocycles. The van der Waals surface area contributed by atoms with Crippen LogP contribution in [0.2, 0.25) is 0 Å². The van der Waals surface area contributed by atoms with Gasteiger partial charge >= 0.3 is 0 Å². The molecule has 1 fully saturated rings. The van der Waals surface area contributed by atoms with Gasteiger partial charge in [-0.2, -0.15) is 0 Å². The fourth-order valence-electron chi connectivity index (χ4n) is 2.23.